The van der Waals surface area contributed by atoms with E-state index in [9.17, 15) is 10.2 Å². The molecule has 7 heteroatoms. The molecule has 0 radical (unpaired) electrons. The van der Waals surface area contributed by atoms with E-state index in [-0.39, 0.29) is 6.61 Å². The molecule has 0 unspecified atom stereocenters. The number of hydrogen-bond donors (Lipinski definition) is 5. The van der Waals surface area contributed by atoms with Crippen molar-refractivity contribution in [2.45, 2.75) is 24.5 Å². The van der Waals surface area contributed by atoms with Gasteiger partial charge in [-0.25, -0.2) is 0 Å². The first-order valence-electron chi connectivity index (χ1n) is 5.83. The monoisotopic (exact) mass is 268 g/mol. The van der Waals surface area contributed by atoms with E-state index < -0.39 is 24.5 Å². The Hall–Kier alpha value is -1.67. The summed E-state index contributed by atoms with van der Waals surface area (Å²) in [6, 6.07) is 6.95. The minimum atomic E-state index is -1.16. The van der Waals surface area contributed by atoms with Crippen LogP contribution in [0.1, 0.15) is 5.56 Å². The van der Waals surface area contributed by atoms with E-state index in [1.807, 2.05) is 0 Å². The van der Waals surface area contributed by atoms with Crippen molar-refractivity contribution in [1.82, 2.24) is 0 Å². The number of aliphatic hydroxyl groups is 3. The lowest BCUT2D eigenvalue weighted by Gasteiger charge is -2.18. The normalized spacial score (nSPS) is 30.9. The number of nitrogens with one attached hydrogen (secondary N) is 1. The van der Waals surface area contributed by atoms with Gasteiger partial charge in [-0.2, -0.15) is 0 Å². The third-order valence-corrected chi connectivity index (χ3v) is 3.00. The molecule has 104 valence electrons. The zero-order chi connectivity index (χ0) is 13.8. The Morgan fingerprint density at radius 1 is 1.26 bits per heavy atom. The Balaban J connectivity index is 2.14. The number of hydrogen-bond acceptors (Lipinski definition) is 7. The van der Waals surface area contributed by atoms with E-state index in [2.05, 4.69) is 10.5 Å². The van der Waals surface area contributed by atoms with Gasteiger partial charge in [-0.15, -0.1) is 0 Å². The molecule has 1 heterocycles. The Morgan fingerprint density at radius 3 is 2.63 bits per heavy atom. The molecule has 7 nitrogen and oxygen atoms in total. The number of oxime groups is 1. The van der Waals surface area contributed by atoms with Crippen LogP contribution in [0.3, 0.4) is 0 Å². The van der Waals surface area contributed by atoms with Gasteiger partial charge in [0.05, 0.1) is 12.8 Å². The molecule has 4 atom stereocenters. The maximum Gasteiger partial charge on any atom is 0.157 e. The average Bonchev–Trinajstić information content (AvgIpc) is 2.69. The predicted octanol–water partition coefficient (Wildman–Crippen LogP) is -0.654. The van der Waals surface area contributed by atoms with Gasteiger partial charge in [0.2, 0.25) is 0 Å². The van der Waals surface area contributed by atoms with Crippen LogP contribution in [-0.4, -0.2) is 57.9 Å². The second kappa shape index (κ2) is 5.98. The minimum Gasteiger partial charge on any atom is -0.411 e. The Bertz CT molecular complexity index is 454. The van der Waals surface area contributed by atoms with Crippen LogP contribution in [0.4, 0.5) is 5.69 Å². The molecule has 0 aliphatic carbocycles. The molecule has 0 saturated carbocycles. The molecule has 0 aromatic heterocycles. The molecule has 0 amide bonds. The summed E-state index contributed by atoms with van der Waals surface area (Å²) in [6.07, 6.45) is -2.74. The zero-order valence-corrected chi connectivity index (χ0v) is 10.0. The van der Waals surface area contributed by atoms with Gasteiger partial charge in [0, 0.05) is 11.3 Å². The number of anilines is 1. The van der Waals surface area contributed by atoms with Crippen LogP contribution in [0.5, 0.6) is 0 Å². The summed E-state index contributed by atoms with van der Waals surface area (Å²) in [4.78, 5) is 0. The van der Waals surface area contributed by atoms with Crippen LogP contribution in [0.25, 0.3) is 0 Å². The molecule has 1 aromatic rings. The van der Waals surface area contributed by atoms with Crippen LogP contribution in [0.2, 0.25) is 0 Å². The topological polar surface area (TPSA) is 115 Å². The molecule has 1 fully saturated rings. The second-order valence-corrected chi connectivity index (χ2v) is 4.24. The maximum absolute atomic E-state index is 9.81. The summed E-state index contributed by atoms with van der Waals surface area (Å²) in [5.74, 6) is 0. The third kappa shape index (κ3) is 2.85. The smallest absolute Gasteiger partial charge is 0.157 e. The van der Waals surface area contributed by atoms with Gasteiger partial charge in [-0.05, 0) is 6.07 Å². The van der Waals surface area contributed by atoms with Crippen LogP contribution in [0.15, 0.2) is 29.4 Å². The maximum atomic E-state index is 9.81. The van der Waals surface area contributed by atoms with Crippen LogP contribution >= 0.6 is 0 Å². The van der Waals surface area contributed by atoms with E-state index in [1.165, 1.54) is 6.21 Å². The van der Waals surface area contributed by atoms with Crippen molar-refractivity contribution < 1.29 is 25.3 Å². The van der Waals surface area contributed by atoms with Crippen molar-refractivity contribution in [2.75, 3.05) is 11.9 Å². The number of benzene rings is 1. The summed E-state index contributed by atoms with van der Waals surface area (Å²) >= 11 is 0. The van der Waals surface area contributed by atoms with E-state index in [0.29, 0.717) is 11.3 Å². The van der Waals surface area contributed by atoms with Crippen molar-refractivity contribution in [3.63, 3.8) is 0 Å². The summed E-state index contributed by atoms with van der Waals surface area (Å²) in [7, 11) is 0. The highest BCUT2D eigenvalue weighted by Crippen LogP contribution is 2.24. The molecule has 2 rings (SSSR count). The van der Waals surface area contributed by atoms with Crippen LogP contribution in [-0.2, 0) is 4.74 Å². The van der Waals surface area contributed by atoms with E-state index in [1.54, 1.807) is 24.3 Å². The van der Waals surface area contributed by atoms with Crippen LogP contribution < -0.4 is 5.32 Å². The number of aliphatic hydroxyl groups excluding tert-OH is 3. The largest absolute Gasteiger partial charge is 0.411 e. The summed E-state index contributed by atoms with van der Waals surface area (Å²) in [5.41, 5.74) is 1.18. The first-order chi connectivity index (χ1) is 9.17. The van der Waals surface area contributed by atoms with Crippen molar-refractivity contribution >= 4 is 11.9 Å². The number of nitrogens with zero attached hydrogens (tertiary/aromatic N) is 1. The fourth-order valence-electron chi connectivity index (χ4n) is 1.98. The van der Waals surface area contributed by atoms with E-state index in [0.717, 1.165) is 0 Å². The number of para-hydroxylation sites is 1. The van der Waals surface area contributed by atoms with Crippen molar-refractivity contribution in [3.8, 4) is 0 Å². The van der Waals surface area contributed by atoms with E-state index in [4.69, 9.17) is 15.1 Å². The Morgan fingerprint density at radius 2 is 2.00 bits per heavy atom. The number of ether oxygens (including phenoxy) is 1. The van der Waals surface area contributed by atoms with Gasteiger partial charge >= 0.3 is 0 Å². The molecular formula is C12H16N2O5. The first kappa shape index (κ1) is 13.8. The molecular weight excluding hydrogens is 252 g/mol. The van der Waals surface area contributed by atoms with Gasteiger partial charge in [-0.1, -0.05) is 23.4 Å². The molecule has 1 aliphatic heterocycles. The lowest BCUT2D eigenvalue weighted by molar-refractivity contribution is -0.0153. The SMILES string of the molecule is OC[C@@H]1O[C@@H](Nc2ccccc2/C=N\O)[C@H](O)[C@@H]1O. The third-order valence-electron chi connectivity index (χ3n) is 3.00. The Kier molecular flexibility index (Phi) is 4.33. The van der Waals surface area contributed by atoms with Crippen molar-refractivity contribution in [2.24, 2.45) is 5.16 Å². The molecule has 0 spiro atoms. The lowest BCUT2D eigenvalue weighted by atomic mass is 10.1. The Labute approximate surface area is 109 Å². The summed E-state index contributed by atoms with van der Waals surface area (Å²) in [6.45, 7) is -0.379. The van der Waals surface area contributed by atoms with Crippen molar-refractivity contribution in [3.05, 3.63) is 29.8 Å². The van der Waals surface area contributed by atoms with Crippen LogP contribution in [0, 0.1) is 0 Å². The first-order valence-corrected chi connectivity index (χ1v) is 5.83. The second-order valence-electron chi connectivity index (χ2n) is 4.24. The van der Waals surface area contributed by atoms with Gasteiger partial charge in [0.25, 0.3) is 0 Å². The standard InChI is InChI=1S/C12H16N2O5/c15-6-9-10(16)11(17)12(19-9)14-8-4-2-1-3-7(8)5-13-18/h1-5,9-12,14-18H,6H2/b13-5-/t9-,10+,11+,12+/m0/s1. The van der Waals surface area contributed by atoms with Gasteiger partial charge in [-0.3, -0.25) is 0 Å². The van der Waals surface area contributed by atoms with Crippen molar-refractivity contribution in [1.29, 1.82) is 0 Å². The fraction of sp³-hybridized carbons (Fsp3) is 0.417. The quantitative estimate of drug-likeness (QED) is 0.281. The molecule has 1 aromatic carbocycles. The summed E-state index contributed by atoms with van der Waals surface area (Å²) < 4.78 is 5.30. The molecule has 5 N–H and O–H groups in total. The highest BCUT2D eigenvalue weighted by atomic mass is 16.6. The van der Waals surface area contributed by atoms with E-state index >= 15 is 0 Å². The molecule has 19 heavy (non-hydrogen) atoms. The highest BCUT2D eigenvalue weighted by molar-refractivity contribution is 5.87. The number of rotatable bonds is 4. The van der Waals surface area contributed by atoms with Gasteiger partial charge in [0.1, 0.15) is 18.3 Å². The zero-order valence-electron chi connectivity index (χ0n) is 10.0. The van der Waals surface area contributed by atoms with Gasteiger partial charge < -0.3 is 30.6 Å². The molecule has 0 bridgehead atoms. The lowest BCUT2D eigenvalue weighted by Crippen LogP contribution is -2.36. The minimum absolute atomic E-state index is 0.379. The predicted molar refractivity (Wildman–Crippen MR) is 67.2 cm³/mol. The molecule has 1 aliphatic rings. The summed E-state index contributed by atoms with van der Waals surface area (Å²) in [5, 5.41) is 42.9. The fourth-order valence-corrected chi connectivity index (χ4v) is 1.98. The molecule has 1 saturated heterocycles. The average molecular weight is 268 g/mol. The van der Waals surface area contributed by atoms with Gasteiger partial charge in [0.15, 0.2) is 6.23 Å². The highest BCUT2D eigenvalue weighted by Gasteiger charge is 2.42.